The number of para-hydroxylation sites is 1. The number of aryl methyl sites for hydroxylation is 1. The Balaban J connectivity index is 1.50. The average Bonchev–Trinajstić information content (AvgIpc) is 3.51. The van der Waals surface area contributed by atoms with Crippen LogP contribution in [-0.2, 0) is 9.59 Å². The van der Waals surface area contributed by atoms with Gasteiger partial charge in [0, 0.05) is 5.69 Å². The zero-order valence-corrected chi connectivity index (χ0v) is 17.3. The number of ketones is 1. The molecule has 0 spiro atoms. The number of imide groups is 1. The summed E-state index contributed by atoms with van der Waals surface area (Å²) < 4.78 is 5.41. The number of benzene rings is 2. The molecule has 0 radical (unpaired) electrons. The van der Waals surface area contributed by atoms with Gasteiger partial charge in [-0.15, -0.1) is 0 Å². The summed E-state index contributed by atoms with van der Waals surface area (Å²) in [5.74, 6) is -2.13. The maximum atomic E-state index is 13.7. The number of rotatable bonds is 3. The van der Waals surface area contributed by atoms with Crippen molar-refractivity contribution in [3.8, 4) is 0 Å². The summed E-state index contributed by atoms with van der Waals surface area (Å²) in [6.45, 7) is 1.95. The largest absolute Gasteiger partial charge is 0.461 e. The quantitative estimate of drug-likeness (QED) is 0.472. The highest BCUT2D eigenvalue weighted by Crippen LogP contribution is 2.49. The second-order valence-electron chi connectivity index (χ2n) is 8.50. The lowest BCUT2D eigenvalue weighted by atomic mass is 9.87. The van der Waals surface area contributed by atoms with E-state index < -0.39 is 17.9 Å². The Labute approximate surface area is 184 Å². The number of carbonyl (C=O) groups excluding carboxylic acids is 3. The van der Waals surface area contributed by atoms with Gasteiger partial charge in [-0.2, -0.15) is 0 Å². The molecule has 6 heteroatoms. The Hall–Kier alpha value is -3.93. The Morgan fingerprint density at radius 1 is 0.906 bits per heavy atom. The summed E-state index contributed by atoms with van der Waals surface area (Å²) in [6, 6.07) is 17.1. The van der Waals surface area contributed by atoms with E-state index in [2.05, 4.69) is 0 Å². The number of hydrogen-bond donors (Lipinski definition) is 0. The third kappa shape index (κ3) is 2.49. The summed E-state index contributed by atoms with van der Waals surface area (Å²) in [6.07, 6.45) is 5.36. The minimum atomic E-state index is -0.825. The van der Waals surface area contributed by atoms with Crippen molar-refractivity contribution in [1.82, 2.24) is 0 Å². The van der Waals surface area contributed by atoms with Crippen molar-refractivity contribution in [1.29, 1.82) is 0 Å². The minimum absolute atomic E-state index is 0.190. The first kappa shape index (κ1) is 18.8. The van der Waals surface area contributed by atoms with Crippen molar-refractivity contribution in [2.45, 2.75) is 19.0 Å². The van der Waals surface area contributed by atoms with Gasteiger partial charge < -0.3 is 9.32 Å². The third-order valence-electron chi connectivity index (χ3n) is 6.74. The molecule has 2 aromatic carbocycles. The first-order chi connectivity index (χ1) is 15.6. The Bertz CT molecular complexity index is 1280. The smallest absolute Gasteiger partial charge is 0.240 e. The molecule has 0 aliphatic carbocycles. The molecular weight excluding hydrogens is 404 g/mol. The highest BCUT2D eigenvalue weighted by Gasteiger charge is 2.64. The first-order valence-corrected chi connectivity index (χ1v) is 10.6. The topological polar surface area (TPSA) is 70.8 Å². The van der Waals surface area contributed by atoms with Gasteiger partial charge in [-0.3, -0.25) is 14.4 Å². The SMILES string of the molecule is Cc1ccc(N2C(=O)[C@@H]3[C@H](C2=O)[C@H](C(=O)c2ccco2)N2c4ccccc4C=C[C@H]32)cc1. The van der Waals surface area contributed by atoms with Crippen LogP contribution in [0.5, 0.6) is 0 Å². The fraction of sp³-hybridized carbons (Fsp3) is 0.192. The molecule has 2 saturated heterocycles. The molecule has 0 bridgehead atoms. The monoisotopic (exact) mass is 424 g/mol. The summed E-state index contributed by atoms with van der Waals surface area (Å²) in [5, 5.41) is 0. The van der Waals surface area contributed by atoms with Crippen molar-refractivity contribution in [3.05, 3.63) is 89.9 Å². The van der Waals surface area contributed by atoms with Gasteiger partial charge in [-0.25, -0.2) is 4.90 Å². The first-order valence-electron chi connectivity index (χ1n) is 10.6. The lowest BCUT2D eigenvalue weighted by Crippen LogP contribution is -2.48. The molecule has 0 unspecified atom stereocenters. The predicted molar refractivity (Wildman–Crippen MR) is 119 cm³/mol. The highest BCUT2D eigenvalue weighted by molar-refractivity contribution is 6.25. The van der Waals surface area contributed by atoms with Crippen molar-refractivity contribution < 1.29 is 18.8 Å². The number of hydrogen-bond acceptors (Lipinski definition) is 5. The van der Waals surface area contributed by atoms with Gasteiger partial charge in [-0.05, 0) is 42.8 Å². The van der Waals surface area contributed by atoms with Crippen LogP contribution in [0.3, 0.4) is 0 Å². The molecule has 1 aromatic heterocycles. The molecule has 2 amide bonds. The van der Waals surface area contributed by atoms with Crippen molar-refractivity contribution >= 4 is 35.0 Å². The predicted octanol–water partition coefficient (Wildman–Crippen LogP) is 3.86. The maximum absolute atomic E-state index is 13.7. The lowest BCUT2D eigenvalue weighted by Gasteiger charge is -2.36. The van der Waals surface area contributed by atoms with E-state index in [0.29, 0.717) is 5.69 Å². The van der Waals surface area contributed by atoms with E-state index in [1.54, 1.807) is 24.3 Å². The number of anilines is 2. The molecule has 3 aromatic rings. The molecule has 4 heterocycles. The summed E-state index contributed by atoms with van der Waals surface area (Å²) in [4.78, 5) is 44.1. The number of Topliss-reactive ketones (excluding diaryl/α,β-unsaturated/α-hetero) is 1. The van der Waals surface area contributed by atoms with E-state index in [1.165, 1.54) is 11.2 Å². The van der Waals surface area contributed by atoms with E-state index in [4.69, 9.17) is 4.42 Å². The molecule has 6 rings (SSSR count). The van der Waals surface area contributed by atoms with E-state index in [-0.39, 0.29) is 29.4 Å². The van der Waals surface area contributed by atoms with E-state index >= 15 is 0 Å². The lowest BCUT2D eigenvalue weighted by molar-refractivity contribution is -0.122. The zero-order chi connectivity index (χ0) is 22.0. The highest BCUT2D eigenvalue weighted by atomic mass is 16.3. The van der Waals surface area contributed by atoms with Crippen LogP contribution in [0, 0.1) is 18.8 Å². The number of furan rings is 1. The Morgan fingerprint density at radius 2 is 1.66 bits per heavy atom. The van der Waals surface area contributed by atoms with Crippen LogP contribution in [0.4, 0.5) is 11.4 Å². The van der Waals surface area contributed by atoms with Crippen molar-refractivity contribution in [2.75, 3.05) is 9.80 Å². The van der Waals surface area contributed by atoms with Crippen molar-refractivity contribution in [2.24, 2.45) is 11.8 Å². The van der Waals surface area contributed by atoms with Crippen LogP contribution < -0.4 is 9.80 Å². The van der Waals surface area contributed by atoms with Crippen LogP contribution in [0.25, 0.3) is 6.08 Å². The molecule has 32 heavy (non-hydrogen) atoms. The molecule has 2 fully saturated rings. The van der Waals surface area contributed by atoms with Gasteiger partial charge in [0.05, 0.1) is 29.8 Å². The molecule has 0 saturated carbocycles. The molecule has 3 aliphatic rings. The fourth-order valence-corrected chi connectivity index (χ4v) is 5.33. The van der Waals surface area contributed by atoms with Gasteiger partial charge in [0.25, 0.3) is 0 Å². The van der Waals surface area contributed by atoms with Gasteiger partial charge in [-0.1, -0.05) is 48.0 Å². The Morgan fingerprint density at radius 3 is 2.41 bits per heavy atom. The van der Waals surface area contributed by atoms with Crippen LogP contribution >= 0.6 is 0 Å². The molecule has 3 aliphatic heterocycles. The average molecular weight is 424 g/mol. The van der Waals surface area contributed by atoms with Crippen LogP contribution in [0.15, 0.2) is 77.4 Å². The summed E-state index contributed by atoms with van der Waals surface area (Å²) >= 11 is 0. The molecule has 4 atom stereocenters. The van der Waals surface area contributed by atoms with Gasteiger partial charge in [0.1, 0.15) is 6.04 Å². The summed E-state index contributed by atoms with van der Waals surface area (Å²) in [7, 11) is 0. The zero-order valence-electron chi connectivity index (χ0n) is 17.3. The molecular formula is C26H20N2O4. The number of carbonyl (C=O) groups is 3. The maximum Gasteiger partial charge on any atom is 0.240 e. The molecule has 6 nitrogen and oxygen atoms in total. The van der Waals surface area contributed by atoms with E-state index in [9.17, 15) is 14.4 Å². The second kappa shape index (κ2) is 6.79. The minimum Gasteiger partial charge on any atom is -0.461 e. The van der Waals surface area contributed by atoms with Crippen LogP contribution in [-0.4, -0.2) is 29.7 Å². The van der Waals surface area contributed by atoms with Gasteiger partial charge in [0.2, 0.25) is 17.6 Å². The number of nitrogens with zero attached hydrogens (tertiary/aromatic N) is 2. The number of amides is 2. The van der Waals surface area contributed by atoms with Crippen molar-refractivity contribution in [3.63, 3.8) is 0 Å². The molecule has 0 N–H and O–H groups in total. The van der Waals surface area contributed by atoms with Crippen LogP contribution in [0.1, 0.15) is 21.7 Å². The molecule has 158 valence electrons. The standard InChI is InChI=1S/C26H20N2O4/c1-15-8-11-17(12-9-15)27-25(30)21-19-13-10-16-5-2-3-6-18(16)28(19)23(22(21)26(27)31)24(29)20-7-4-14-32-20/h2-14,19,21-23H,1H3/t19-,21+,22+,23-/m1/s1. The Kier molecular flexibility index (Phi) is 3.99. The summed E-state index contributed by atoms with van der Waals surface area (Å²) in [5.41, 5.74) is 3.38. The fourth-order valence-electron chi connectivity index (χ4n) is 5.33. The van der Waals surface area contributed by atoms with Gasteiger partial charge >= 0.3 is 0 Å². The van der Waals surface area contributed by atoms with Gasteiger partial charge in [0.15, 0.2) is 5.76 Å². The normalized spacial score (nSPS) is 25.7. The van der Waals surface area contributed by atoms with Crippen LogP contribution in [0.2, 0.25) is 0 Å². The van der Waals surface area contributed by atoms with E-state index in [1.807, 2.05) is 60.4 Å². The third-order valence-corrected chi connectivity index (χ3v) is 6.74. The van der Waals surface area contributed by atoms with E-state index in [0.717, 1.165) is 16.8 Å². The number of fused-ring (bicyclic) bond motifs is 5. The second-order valence-corrected chi connectivity index (χ2v) is 8.50.